The summed E-state index contributed by atoms with van der Waals surface area (Å²) in [5.74, 6) is -3.76. The number of hydrogen-bond donors (Lipinski definition) is 8. The first-order valence-electron chi connectivity index (χ1n) is 14.7. The highest BCUT2D eigenvalue weighted by Gasteiger charge is 2.37. The number of hydrogen-bond acceptors (Lipinski definition) is 13. The Kier molecular flexibility index (Phi) is 16.8. The Morgan fingerprint density at radius 2 is 1.49 bits per heavy atom. The topological polar surface area (TPSA) is 261 Å². The maximum atomic E-state index is 12.9. The van der Waals surface area contributed by atoms with Gasteiger partial charge in [0.15, 0.2) is 6.10 Å². The molecule has 0 aliphatic heterocycles. The number of Topliss-reactive ketones (excluding diaryl/α,β-unsaturated/α-hetero) is 1. The molecule has 15 heteroatoms. The molecule has 254 valence electrons. The molecular formula is C30H48N4O11. The molecule has 7 atom stereocenters. The van der Waals surface area contributed by atoms with Gasteiger partial charge in [0.25, 0.3) is 5.91 Å². The first-order chi connectivity index (χ1) is 21.0. The summed E-state index contributed by atoms with van der Waals surface area (Å²) in [5.41, 5.74) is 11.2. The third-order valence-corrected chi connectivity index (χ3v) is 6.84. The zero-order chi connectivity index (χ0) is 34.3. The molecular weight excluding hydrogens is 592 g/mol. The van der Waals surface area contributed by atoms with Gasteiger partial charge in [-0.2, -0.15) is 0 Å². The average Bonchev–Trinajstić information content (AvgIpc) is 3.00. The molecule has 0 unspecified atom stereocenters. The molecule has 0 aromatic heterocycles. The van der Waals surface area contributed by atoms with Crippen molar-refractivity contribution in [2.45, 2.75) is 102 Å². The smallest absolute Gasteiger partial charge is 0.314 e. The van der Waals surface area contributed by atoms with Crippen LogP contribution < -0.4 is 22.1 Å². The van der Waals surface area contributed by atoms with E-state index < -0.39 is 91.5 Å². The molecule has 1 rings (SSSR count). The van der Waals surface area contributed by atoms with Gasteiger partial charge < -0.3 is 52.0 Å². The van der Waals surface area contributed by atoms with E-state index in [1.165, 1.54) is 0 Å². The highest BCUT2D eigenvalue weighted by molar-refractivity contribution is 5.86. The molecule has 10 N–H and O–H groups in total. The van der Waals surface area contributed by atoms with Crippen molar-refractivity contribution in [3.63, 3.8) is 0 Å². The first-order valence-corrected chi connectivity index (χ1v) is 14.7. The molecule has 15 nitrogen and oxygen atoms in total. The van der Waals surface area contributed by atoms with Gasteiger partial charge in [0.05, 0.1) is 42.6 Å². The van der Waals surface area contributed by atoms with Crippen molar-refractivity contribution < 1.29 is 53.9 Å². The molecule has 0 spiro atoms. The number of ether oxygens (including phenoxy) is 2. The van der Waals surface area contributed by atoms with Crippen LogP contribution in [-0.4, -0.2) is 99.8 Å². The predicted molar refractivity (Wildman–Crippen MR) is 161 cm³/mol. The summed E-state index contributed by atoms with van der Waals surface area (Å²) >= 11 is 0. The number of carbonyl (C=O) groups excluding carboxylic acids is 5. The number of benzene rings is 1. The maximum Gasteiger partial charge on any atom is 0.314 e. The minimum Gasteiger partial charge on any atom is -0.428 e. The van der Waals surface area contributed by atoms with Crippen LogP contribution in [0.4, 0.5) is 0 Å². The zero-order valence-electron chi connectivity index (χ0n) is 26.2. The standard InChI is InChI=1S/C30H48N4O11/c1-5-9-18(31)22(36)13-12-19(32)27(41)34-21(15-35)24(38)25(39)26(40)28(42)33-20(17-10-7-6-8-11-17)14-23(37)44-16-45-29(43)30(2,3)4/h6-8,10-11,18-21,24-26,35,38-40H,5,9,12-16,31-32H2,1-4H3,(H,33,42)(H,34,41)/t18-,19-,20-,21-,24+,25+,26-/m0/s1. The third kappa shape index (κ3) is 13.6. The number of rotatable bonds is 19. The highest BCUT2D eigenvalue weighted by atomic mass is 16.7. The van der Waals surface area contributed by atoms with Gasteiger partial charge in [-0.1, -0.05) is 43.7 Å². The first kappa shape index (κ1) is 39.6. The van der Waals surface area contributed by atoms with Crippen molar-refractivity contribution in [2.75, 3.05) is 13.4 Å². The van der Waals surface area contributed by atoms with Crippen LogP contribution in [0.3, 0.4) is 0 Å². The fourth-order valence-corrected chi connectivity index (χ4v) is 3.98. The molecule has 1 aromatic rings. The Morgan fingerprint density at radius 3 is 2.04 bits per heavy atom. The number of aliphatic hydroxyl groups excluding tert-OH is 4. The molecule has 0 radical (unpaired) electrons. The van der Waals surface area contributed by atoms with Gasteiger partial charge in [-0.15, -0.1) is 0 Å². The summed E-state index contributed by atoms with van der Waals surface area (Å²) in [6, 6.07) is 3.63. The maximum absolute atomic E-state index is 12.9. The van der Waals surface area contributed by atoms with Crippen molar-refractivity contribution in [1.29, 1.82) is 0 Å². The second-order valence-electron chi connectivity index (χ2n) is 11.7. The van der Waals surface area contributed by atoms with E-state index in [9.17, 15) is 44.4 Å². The van der Waals surface area contributed by atoms with E-state index in [0.717, 1.165) is 0 Å². The van der Waals surface area contributed by atoms with E-state index >= 15 is 0 Å². The summed E-state index contributed by atoms with van der Waals surface area (Å²) in [4.78, 5) is 61.8. The van der Waals surface area contributed by atoms with Crippen LogP contribution in [0.2, 0.25) is 0 Å². The fraction of sp³-hybridized carbons (Fsp3) is 0.633. The van der Waals surface area contributed by atoms with Crippen LogP contribution in [0.1, 0.15) is 71.4 Å². The van der Waals surface area contributed by atoms with Crippen LogP contribution in [0, 0.1) is 5.41 Å². The molecule has 0 saturated heterocycles. The van der Waals surface area contributed by atoms with Crippen LogP contribution in [-0.2, 0) is 33.4 Å². The van der Waals surface area contributed by atoms with E-state index in [1.807, 2.05) is 6.92 Å². The quantitative estimate of drug-likeness (QED) is 0.0646. The van der Waals surface area contributed by atoms with E-state index in [-0.39, 0.29) is 18.6 Å². The molecule has 0 aliphatic carbocycles. The molecule has 0 bridgehead atoms. The lowest BCUT2D eigenvalue weighted by Crippen LogP contribution is -2.58. The van der Waals surface area contributed by atoms with Gasteiger partial charge in [0.2, 0.25) is 12.7 Å². The number of aliphatic hydroxyl groups is 4. The van der Waals surface area contributed by atoms with Gasteiger partial charge in [-0.25, -0.2) is 0 Å². The van der Waals surface area contributed by atoms with Gasteiger partial charge in [-0.3, -0.25) is 24.0 Å². The predicted octanol–water partition coefficient (Wildman–Crippen LogP) is -1.31. The Hall–Kier alpha value is -3.47. The van der Waals surface area contributed by atoms with Gasteiger partial charge >= 0.3 is 11.9 Å². The zero-order valence-corrected chi connectivity index (χ0v) is 26.2. The summed E-state index contributed by atoms with van der Waals surface area (Å²) in [7, 11) is 0. The van der Waals surface area contributed by atoms with Crippen molar-refractivity contribution in [1.82, 2.24) is 10.6 Å². The lowest BCUT2D eigenvalue weighted by atomic mass is 9.98. The van der Waals surface area contributed by atoms with E-state index in [4.69, 9.17) is 20.9 Å². The van der Waals surface area contributed by atoms with Gasteiger partial charge in [0, 0.05) is 6.42 Å². The molecule has 0 saturated carbocycles. The van der Waals surface area contributed by atoms with Crippen LogP contribution >= 0.6 is 0 Å². The van der Waals surface area contributed by atoms with Crippen molar-refractivity contribution in [2.24, 2.45) is 16.9 Å². The lowest BCUT2D eigenvalue weighted by Gasteiger charge is -2.30. The monoisotopic (exact) mass is 640 g/mol. The minimum absolute atomic E-state index is 0.0633. The number of nitrogens with two attached hydrogens (primary N) is 2. The lowest BCUT2D eigenvalue weighted by molar-refractivity contribution is -0.173. The SMILES string of the molecule is CCC[C@H](N)C(=O)CC[C@H](N)C(=O)N[C@@H](CO)[C@@H](O)[C@@H](O)[C@H](O)C(=O)N[C@@H](CC(=O)OCOC(=O)C(C)(C)C)c1ccccc1. The van der Waals surface area contributed by atoms with E-state index in [2.05, 4.69) is 10.6 Å². The number of esters is 2. The summed E-state index contributed by atoms with van der Waals surface area (Å²) in [6.45, 7) is 5.18. The highest BCUT2D eigenvalue weighted by Crippen LogP contribution is 2.19. The number of nitrogens with one attached hydrogen (secondary N) is 2. The molecule has 0 fully saturated rings. The fourth-order valence-electron chi connectivity index (χ4n) is 3.98. The van der Waals surface area contributed by atoms with Crippen LogP contribution in [0.15, 0.2) is 30.3 Å². The second kappa shape index (κ2) is 19.1. The van der Waals surface area contributed by atoms with E-state index in [1.54, 1.807) is 51.1 Å². The minimum atomic E-state index is -2.27. The summed E-state index contributed by atoms with van der Waals surface area (Å²) in [6.07, 6.45) is -5.90. The molecule has 1 aromatic carbocycles. The number of carbonyl (C=O) groups is 5. The number of ketones is 1. The third-order valence-electron chi connectivity index (χ3n) is 6.84. The van der Waals surface area contributed by atoms with Crippen molar-refractivity contribution in [3.8, 4) is 0 Å². The average molecular weight is 641 g/mol. The van der Waals surface area contributed by atoms with Crippen LogP contribution in [0.25, 0.3) is 0 Å². The normalized spacial score (nSPS) is 16.2. The molecule has 0 heterocycles. The Balaban J connectivity index is 2.83. The number of amides is 2. The Labute approximate surface area is 262 Å². The second-order valence-corrected chi connectivity index (χ2v) is 11.7. The summed E-state index contributed by atoms with van der Waals surface area (Å²) in [5, 5.41) is 46.0. The largest absolute Gasteiger partial charge is 0.428 e. The van der Waals surface area contributed by atoms with E-state index in [0.29, 0.717) is 18.4 Å². The molecule has 45 heavy (non-hydrogen) atoms. The molecule has 0 aliphatic rings. The Bertz CT molecular complexity index is 1110. The van der Waals surface area contributed by atoms with Gasteiger partial charge in [0.1, 0.15) is 18.0 Å². The summed E-state index contributed by atoms with van der Waals surface area (Å²) < 4.78 is 9.86. The van der Waals surface area contributed by atoms with Crippen molar-refractivity contribution >= 4 is 29.5 Å². The van der Waals surface area contributed by atoms with Crippen LogP contribution in [0.5, 0.6) is 0 Å². The Morgan fingerprint density at radius 1 is 0.867 bits per heavy atom. The van der Waals surface area contributed by atoms with Gasteiger partial charge in [-0.05, 0) is 39.2 Å². The molecule has 2 amide bonds. The van der Waals surface area contributed by atoms with Crippen molar-refractivity contribution in [3.05, 3.63) is 35.9 Å².